The highest BCUT2D eigenvalue weighted by atomic mass is 16.1. The van der Waals surface area contributed by atoms with Crippen LogP contribution in [0.2, 0.25) is 0 Å². The molecule has 0 fully saturated rings. The van der Waals surface area contributed by atoms with Gasteiger partial charge in [-0.1, -0.05) is 66.7 Å². The third kappa shape index (κ3) is 4.96. The molecule has 0 saturated carbocycles. The first-order chi connectivity index (χ1) is 16.8. The summed E-state index contributed by atoms with van der Waals surface area (Å²) in [6.45, 7) is 0.644. The number of fused-ring (bicyclic) bond motifs is 1. The van der Waals surface area contributed by atoms with Crippen LogP contribution in [0.4, 0.5) is 11.6 Å². The zero-order valence-corrected chi connectivity index (χ0v) is 18.7. The summed E-state index contributed by atoms with van der Waals surface area (Å²) in [5.74, 6) is 0.470. The molecule has 5 rings (SSSR count). The van der Waals surface area contributed by atoms with Crippen molar-refractivity contribution in [3.8, 4) is 11.3 Å². The van der Waals surface area contributed by atoms with Gasteiger partial charge >= 0.3 is 0 Å². The quantitative estimate of drug-likeness (QED) is 0.308. The maximum Gasteiger partial charge on any atom is 0.251 e. The van der Waals surface area contributed by atoms with Gasteiger partial charge in [0.15, 0.2) is 5.65 Å². The predicted molar refractivity (Wildman–Crippen MR) is 135 cm³/mol. The molecular weight excluding hydrogens is 422 g/mol. The number of aryl methyl sites for hydroxylation is 1. The van der Waals surface area contributed by atoms with Crippen LogP contribution in [0.5, 0.6) is 0 Å². The Morgan fingerprint density at radius 3 is 2.29 bits per heavy atom. The van der Waals surface area contributed by atoms with Crippen molar-refractivity contribution < 1.29 is 4.79 Å². The second-order valence-electron chi connectivity index (χ2n) is 8.03. The molecule has 0 bridgehead atoms. The monoisotopic (exact) mass is 447 g/mol. The van der Waals surface area contributed by atoms with Gasteiger partial charge in [-0.05, 0) is 54.8 Å². The first-order valence-corrected chi connectivity index (χ1v) is 11.4. The molecule has 1 amide bonds. The number of benzene rings is 3. The van der Waals surface area contributed by atoms with Crippen molar-refractivity contribution in [2.45, 2.75) is 12.8 Å². The van der Waals surface area contributed by atoms with Crippen LogP contribution in [-0.2, 0) is 6.42 Å². The van der Waals surface area contributed by atoms with E-state index in [-0.39, 0.29) is 5.91 Å². The summed E-state index contributed by atoms with van der Waals surface area (Å²) in [5, 5.41) is 10.9. The Bertz CT molecular complexity index is 1380. The Morgan fingerprint density at radius 1 is 0.794 bits per heavy atom. The predicted octanol–water partition coefficient (Wildman–Crippen LogP) is 5.50. The lowest BCUT2D eigenvalue weighted by Gasteiger charge is -2.08. The van der Waals surface area contributed by atoms with Gasteiger partial charge in [-0.2, -0.15) is 4.98 Å². The van der Waals surface area contributed by atoms with Crippen molar-refractivity contribution in [2.24, 2.45) is 0 Å². The van der Waals surface area contributed by atoms with E-state index in [0.717, 1.165) is 35.4 Å². The second-order valence-corrected chi connectivity index (χ2v) is 8.03. The second kappa shape index (κ2) is 10.0. The van der Waals surface area contributed by atoms with Crippen molar-refractivity contribution in [1.29, 1.82) is 0 Å². The van der Waals surface area contributed by atoms with Gasteiger partial charge < -0.3 is 10.6 Å². The topological polar surface area (TPSA) is 71.3 Å². The minimum absolute atomic E-state index is 0.0621. The molecule has 0 aliphatic rings. The minimum atomic E-state index is -0.0621. The Morgan fingerprint density at radius 2 is 1.53 bits per heavy atom. The van der Waals surface area contributed by atoms with E-state index >= 15 is 0 Å². The number of para-hydroxylation sites is 1. The van der Waals surface area contributed by atoms with Gasteiger partial charge in [0, 0.05) is 23.4 Å². The van der Waals surface area contributed by atoms with Gasteiger partial charge in [0.2, 0.25) is 5.95 Å². The number of nitrogens with zero attached hydrogens (tertiary/aromatic N) is 3. The summed E-state index contributed by atoms with van der Waals surface area (Å²) in [4.78, 5) is 17.1. The molecule has 2 N–H and O–H groups in total. The third-order valence-electron chi connectivity index (χ3n) is 5.60. The van der Waals surface area contributed by atoms with Crippen molar-refractivity contribution in [2.75, 3.05) is 11.9 Å². The summed E-state index contributed by atoms with van der Waals surface area (Å²) in [6, 6.07) is 33.6. The zero-order chi connectivity index (χ0) is 23.2. The molecule has 6 nitrogen and oxygen atoms in total. The zero-order valence-electron chi connectivity index (χ0n) is 18.7. The van der Waals surface area contributed by atoms with Crippen LogP contribution in [0.1, 0.15) is 22.3 Å². The number of hydrogen-bond acceptors (Lipinski definition) is 4. The van der Waals surface area contributed by atoms with Gasteiger partial charge in [-0.15, -0.1) is 5.10 Å². The molecular formula is C28H25N5O. The summed E-state index contributed by atoms with van der Waals surface area (Å²) in [7, 11) is 0. The number of aromatic nitrogens is 3. The fourth-order valence-corrected chi connectivity index (χ4v) is 3.86. The molecule has 0 aliphatic carbocycles. The normalized spacial score (nSPS) is 10.8. The number of rotatable bonds is 8. The van der Waals surface area contributed by atoms with Crippen LogP contribution >= 0.6 is 0 Å². The molecule has 0 radical (unpaired) electrons. The van der Waals surface area contributed by atoms with E-state index in [1.54, 1.807) is 0 Å². The van der Waals surface area contributed by atoms with Crippen LogP contribution in [0.15, 0.2) is 103 Å². The number of pyridine rings is 1. The Labute approximate surface area is 198 Å². The van der Waals surface area contributed by atoms with Crippen LogP contribution in [-0.4, -0.2) is 27.0 Å². The molecule has 0 unspecified atom stereocenters. The summed E-state index contributed by atoms with van der Waals surface area (Å²) in [5.41, 5.74) is 5.46. The fourth-order valence-electron chi connectivity index (χ4n) is 3.86. The van der Waals surface area contributed by atoms with Gasteiger partial charge in [0.25, 0.3) is 5.91 Å². The molecule has 0 atom stereocenters. The van der Waals surface area contributed by atoms with Crippen LogP contribution in [0, 0.1) is 0 Å². The number of nitrogens with one attached hydrogen (secondary N) is 2. The lowest BCUT2D eigenvalue weighted by atomic mass is 10.1. The highest BCUT2D eigenvalue weighted by Crippen LogP contribution is 2.22. The van der Waals surface area contributed by atoms with Crippen molar-refractivity contribution in [3.05, 3.63) is 114 Å². The standard InChI is InChI=1S/C28H25N5O/c34-27(29-20-8-11-21-9-3-1-4-10-21)23-18-16-22(17-19-23)25-14-7-15-26-31-28(32-33(25)26)30-24-12-5-2-6-13-24/h1-7,9-10,12-19H,8,11,20H2,(H,29,34)(H,30,32). The maximum absolute atomic E-state index is 12.5. The minimum Gasteiger partial charge on any atom is -0.352 e. The van der Waals surface area contributed by atoms with E-state index in [4.69, 9.17) is 0 Å². The van der Waals surface area contributed by atoms with Crippen LogP contribution in [0.3, 0.4) is 0 Å². The molecule has 2 heterocycles. The summed E-state index contributed by atoms with van der Waals surface area (Å²) >= 11 is 0. The third-order valence-corrected chi connectivity index (χ3v) is 5.60. The lowest BCUT2D eigenvalue weighted by molar-refractivity contribution is 0.0953. The Balaban J connectivity index is 1.25. The van der Waals surface area contributed by atoms with Crippen molar-refractivity contribution in [1.82, 2.24) is 19.9 Å². The molecule has 0 spiro atoms. The van der Waals surface area contributed by atoms with Gasteiger partial charge in [-0.3, -0.25) is 4.79 Å². The average Bonchev–Trinajstić information content (AvgIpc) is 3.30. The smallest absolute Gasteiger partial charge is 0.251 e. The molecule has 5 aromatic rings. The largest absolute Gasteiger partial charge is 0.352 e. The molecule has 0 aliphatic heterocycles. The highest BCUT2D eigenvalue weighted by molar-refractivity contribution is 5.94. The van der Waals surface area contributed by atoms with Gasteiger partial charge in [-0.25, -0.2) is 4.52 Å². The number of carbonyl (C=O) groups excluding carboxylic acids is 1. The average molecular weight is 448 g/mol. The molecule has 0 saturated heterocycles. The van der Waals surface area contributed by atoms with E-state index in [1.165, 1.54) is 5.56 Å². The molecule has 2 aromatic heterocycles. The molecule has 34 heavy (non-hydrogen) atoms. The summed E-state index contributed by atoms with van der Waals surface area (Å²) in [6.07, 6.45) is 1.85. The summed E-state index contributed by atoms with van der Waals surface area (Å²) < 4.78 is 1.81. The van der Waals surface area contributed by atoms with E-state index in [2.05, 4.69) is 32.8 Å². The Kier molecular flexibility index (Phi) is 6.29. The Hall–Kier alpha value is -4.45. The SMILES string of the molecule is O=C(NCCCc1ccccc1)c1ccc(-c2cccc3nc(Nc4ccccc4)nn23)cc1. The molecule has 3 aromatic carbocycles. The van der Waals surface area contributed by atoms with Crippen molar-refractivity contribution >= 4 is 23.2 Å². The van der Waals surface area contributed by atoms with Gasteiger partial charge in [0.05, 0.1) is 5.69 Å². The van der Waals surface area contributed by atoms with E-state index in [0.29, 0.717) is 18.1 Å². The number of anilines is 2. The molecule has 168 valence electrons. The highest BCUT2D eigenvalue weighted by Gasteiger charge is 2.11. The van der Waals surface area contributed by atoms with Gasteiger partial charge in [0.1, 0.15) is 0 Å². The number of amides is 1. The van der Waals surface area contributed by atoms with E-state index in [9.17, 15) is 4.79 Å². The fraction of sp³-hybridized carbons (Fsp3) is 0.107. The van der Waals surface area contributed by atoms with E-state index in [1.807, 2.05) is 95.5 Å². The lowest BCUT2D eigenvalue weighted by Crippen LogP contribution is -2.24. The maximum atomic E-state index is 12.5. The first-order valence-electron chi connectivity index (χ1n) is 11.4. The number of hydrogen-bond donors (Lipinski definition) is 2. The molecule has 6 heteroatoms. The van der Waals surface area contributed by atoms with E-state index < -0.39 is 0 Å². The first kappa shape index (κ1) is 21.4. The van der Waals surface area contributed by atoms with Crippen LogP contribution in [0.25, 0.3) is 16.9 Å². The number of carbonyl (C=O) groups is 1. The van der Waals surface area contributed by atoms with Crippen molar-refractivity contribution in [3.63, 3.8) is 0 Å². The van der Waals surface area contributed by atoms with Crippen LogP contribution < -0.4 is 10.6 Å².